The van der Waals surface area contributed by atoms with Gasteiger partial charge in [-0.2, -0.15) is 0 Å². The summed E-state index contributed by atoms with van der Waals surface area (Å²) in [7, 11) is 0. The number of rotatable bonds is 0. The molecule has 2 rings (SSSR count). The van der Waals surface area contributed by atoms with E-state index in [0.29, 0.717) is 0 Å². The van der Waals surface area contributed by atoms with Crippen LogP contribution in [0.2, 0.25) is 0 Å². The van der Waals surface area contributed by atoms with Gasteiger partial charge < -0.3 is 4.98 Å². The molecule has 0 aliphatic rings. The summed E-state index contributed by atoms with van der Waals surface area (Å²) in [6.45, 7) is 1.98. The van der Waals surface area contributed by atoms with Crippen molar-refractivity contribution >= 4 is 10.9 Å². The van der Waals surface area contributed by atoms with Crippen LogP contribution < -0.4 is 5.56 Å². The normalized spacial score (nSPS) is 10.0. The number of pyridine rings is 1. The fraction of sp³-hybridized carbons (Fsp3) is 0.0833. The first-order valence-electron chi connectivity index (χ1n) is 4.31. The smallest absolute Gasteiger partial charge is 0.248 e. The van der Waals surface area contributed by atoms with Gasteiger partial charge in [0.05, 0.1) is 5.52 Å². The highest BCUT2D eigenvalue weighted by Crippen LogP contribution is 2.16. The largest absolute Gasteiger partial charge is 0.321 e. The lowest BCUT2D eigenvalue weighted by molar-refractivity contribution is 1.29. The zero-order chi connectivity index (χ0) is 10.1. The number of hydrogen-bond acceptors (Lipinski definition) is 1. The van der Waals surface area contributed by atoms with Crippen molar-refractivity contribution in [3.8, 4) is 12.3 Å². The van der Waals surface area contributed by atoms with Crippen molar-refractivity contribution in [3.63, 3.8) is 0 Å². The summed E-state index contributed by atoms with van der Waals surface area (Å²) in [6, 6.07) is 7.16. The second kappa shape index (κ2) is 3.04. The van der Waals surface area contributed by atoms with Crippen molar-refractivity contribution in [1.82, 2.24) is 4.98 Å². The predicted octanol–water partition coefficient (Wildman–Crippen LogP) is 1.82. The average Bonchev–Trinajstić information content (AvgIpc) is 2.17. The van der Waals surface area contributed by atoms with Gasteiger partial charge in [-0.15, -0.1) is 6.42 Å². The van der Waals surface area contributed by atoms with E-state index in [1.54, 1.807) is 6.07 Å². The van der Waals surface area contributed by atoms with Crippen molar-refractivity contribution in [1.29, 1.82) is 0 Å². The summed E-state index contributed by atoms with van der Waals surface area (Å²) < 4.78 is 0. The third-order valence-corrected chi connectivity index (χ3v) is 2.13. The Morgan fingerprint density at radius 1 is 1.36 bits per heavy atom. The second-order valence-corrected chi connectivity index (χ2v) is 3.24. The number of aryl methyl sites for hydroxylation is 1. The molecule has 2 nitrogen and oxygen atoms in total. The molecular formula is C12H9NO. The summed E-state index contributed by atoms with van der Waals surface area (Å²) in [5.74, 6) is 2.57. The molecule has 1 N–H and O–H groups in total. The Labute approximate surface area is 81.6 Å². The molecule has 14 heavy (non-hydrogen) atoms. The molecule has 0 saturated heterocycles. The van der Waals surface area contributed by atoms with Gasteiger partial charge in [0.2, 0.25) is 5.56 Å². The fourth-order valence-corrected chi connectivity index (χ4v) is 1.53. The number of aromatic amines is 1. The summed E-state index contributed by atoms with van der Waals surface area (Å²) >= 11 is 0. The van der Waals surface area contributed by atoms with Crippen LogP contribution in [-0.2, 0) is 0 Å². The summed E-state index contributed by atoms with van der Waals surface area (Å²) in [4.78, 5) is 13.9. The van der Waals surface area contributed by atoms with E-state index < -0.39 is 0 Å². The summed E-state index contributed by atoms with van der Waals surface area (Å²) in [6.07, 6.45) is 5.36. The molecule has 1 heterocycles. The lowest BCUT2D eigenvalue weighted by Gasteiger charge is -2.02. The Hall–Kier alpha value is -2.01. The maximum atomic E-state index is 11.1. The van der Waals surface area contributed by atoms with Crippen LogP contribution in [0.5, 0.6) is 0 Å². The van der Waals surface area contributed by atoms with Crippen LogP contribution in [0.15, 0.2) is 29.1 Å². The highest BCUT2D eigenvalue weighted by Gasteiger charge is 2.00. The monoisotopic (exact) mass is 183 g/mol. The molecule has 0 spiro atoms. The Morgan fingerprint density at radius 2 is 2.14 bits per heavy atom. The van der Waals surface area contributed by atoms with Gasteiger partial charge in [-0.05, 0) is 36.1 Å². The highest BCUT2D eigenvalue weighted by molar-refractivity contribution is 5.84. The maximum absolute atomic E-state index is 11.1. The van der Waals surface area contributed by atoms with Gasteiger partial charge in [-0.3, -0.25) is 4.79 Å². The number of nitrogens with one attached hydrogen (secondary N) is 1. The summed E-state index contributed by atoms with van der Waals surface area (Å²) in [5.41, 5.74) is 2.44. The van der Waals surface area contributed by atoms with Crippen molar-refractivity contribution < 1.29 is 0 Å². The minimum atomic E-state index is -0.127. The molecule has 1 aromatic carbocycles. The molecule has 0 aliphatic heterocycles. The van der Waals surface area contributed by atoms with E-state index in [-0.39, 0.29) is 5.56 Å². The number of hydrogen-bond donors (Lipinski definition) is 1. The van der Waals surface area contributed by atoms with E-state index in [4.69, 9.17) is 6.42 Å². The molecule has 2 aromatic rings. The molecule has 68 valence electrons. The first kappa shape index (κ1) is 8.58. The van der Waals surface area contributed by atoms with Crippen molar-refractivity contribution in [2.75, 3.05) is 0 Å². The van der Waals surface area contributed by atoms with Crippen molar-refractivity contribution in [3.05, 3.63) is 45.7 Å². The molecule has 1 aromatic heterocycles. The summed E-state index contributed by atoms with van der Waals surface area (Å²) in [5, 5.41) is 0.970. The molecule has 0 bridgehead atoms. The standard InChI is InChI=1S/C12H9NO/c1-3-9-6-8(2)7-10-4-5-11(14)13-12(9)10/h1,4-7H,2H3,(H,13,14). The number of H-pyrrole nitrogens is 1. The molecule has 0 saturated carbocycles. The SMILES string of the molecule is C#Cc1cc(C)cc2ccc(=O)[nH]c12. The molecular weight excluding hydrogens is 174 g/mol. The van der Waals surface area contributed by atoms with Crippen molar-refractivity contribution in [2.45, 2.75) is 6.92 Å². The minimum Gasteiger partial charge on any atom is -0.321 e. The number of terminal acetylenes is 1. The van der Waals surface area contributed by atoms with Gasteiger partial charge in [-0.1, -0.05) is 5.92 Å². The second-order valence-electron chi connectivity index (χ2n) is 3.24. The lowest BCUT2D eigenvalue weighted by atomic mass is 10.1. The fourth-order valence-electron chi connectivity index (χ4n) is 1.53. The predicted molar refractivity (Wildman–Crippen MR) is 57.2 cm³/mol. The van der Waals surface area contributed by atoms with E-state index in [2.05, 4.69) is 10.9 Å². The molecule has 0 unspecified atom stereocenters. The molecule has 0 radical (unpaired) electrons. The van der Waals surface area contributed by atoms with Gasteiger partial charge in [0.15, 0.2) is 0 Å². The number of fused-ring (bicyclic) bond motifs is 1. The van der Waals surface area contributed by atoms with E-state index in [1.165, 1.54) is 6.07 Å². The van der Waals surface area contributed by atoms with Gasteiger partial charge >= 0.3 is 0 Å². The maximum Gasteiger partial charge on any atom is 0.248 e. The van der Waals surface area contributed by atoms with E-state index >= 15 is 0 Å². The molecule has 0 aliphatic carbocycles. The van der Waals surface area contributed by atoms with Gasteiger partial charge in [-0.25, -0.2) is 0 Å². The lowest BCUT2D eigenvalue weighted by Crippen LogP contribution is -2.03. The Balaban J connectivity index is 2.97. The van der Waals surface area contributed by atoms with E-state index in [9.17, 15) is 4.79 Å². The van der Waals surface area contributed by atoms with Crippen LogP contribution in [0.4, 0.5) is 0 Å². The molecule has 0 fully saturated rings. The van der Waals surface area contributed by atoms with Crippen LogP contribution in [0.25, 0.3) is 10.9 Å². The molecule has 0 atom stereocenters. The Morgan fingerprint density at radius 3 is 2.86 bits per heavy atom. The number of aromatic nitrogens is 1. The van der Waals surface area contributed by atoms with Gasteiger partial charge in [0.1, 0.15) is 0 Å². The zero-order valence-electron chi connectivity index (χ0n) is 7.79. The van der Waals surface area contributed by atoms with Crippen LogP contribution in [0.1, 0.15) is 11.1 Å². The van der Waals surface area contributed by atoms with E-state index in [1.807, 2.05) is 19.1 Å². The van der Waals surface area contributed by atoms with Crippen LogP contribution in [0, 0.1) is 19.3 Å². The molecule has 2 heteroatoms. The topological polar surface area (TPSA) is 32.9 Å². The third-order valence-electron chi connectivity index (χ3n) is 2.13. The van der Waals surface area contributed by atoms with Crippen LogP contribution in [0.3, 0.4) is 0 Å². The van der Waals surface area contributed by atoms with E-state index in [0.717, 1.165) is 22.0 Å². The zero-order valence-corrected chi connectivity index (χ0v) is 7.79. The molecule has 0 amide bonds. The van der Waals surface area contributed by atoms with Crippen molar-refractivity contribution in [2.24, 2.45) is 0 Å². The van der Waals surface area contributed by atoms with Crippen LogP contribution >= 0.6 is 0 Å². The Kier molecular flexibility index (Phi) is 1.86. The quantitative estimate of drug-likeness (QED) is 0.621. The first-order chi connectivity index (χ1) is 6.70. The first-order valence-corrected chi connectivity index (χ1v) is 4.31. The highest BCUT2D eigenvalue weighted by atomic mass is 16.1. The third kappa shape index (κ3) is 1.29. The number of benzene rings is 1. The van der Waals surface area contributed by atoms with Crippen LogP contribution in [-0.4, -0.2) is 4.98 Å². The Bertz CT molecular complexity index is 587. The minimum absolute atomic E-state index is 0.127. The van der Waals surface area contributed by atoms with Gasteiger partial charge in [0, 0.05) is 11.6 Å². The average molecular weight is 183 g/mol. The van der Waals surface area contributed by atoms with Gasteiger partial charge in [0.25, 0.3) is 0 Å².